The number of ether oxygens (including phenoxy) is 1. The normalized spacial score (nSPS) is 27.1. The molecule has 120 valence electrons. The third-order valence-electron chi connectivity index (χ3n) is 3.95. The third kappa shape index (κ3) is 4.34. The summed E-state index contributed by atoms with van der Waals surface area (Å²) in [6.07, 6.45) is 2.25. The fourth-order valence-electron chi connectivity index (χ4n) is 2.97. The Hall–Kier alpha value is -0.780. The van der Waals surface area contributed by atoms with Crippen LogP contribution in [-0.4, -0.2) is 58.4 Å². The number of rotatable bonds is 2. The molecule has 0 bridgehead atoms. The lowest BCUT2D eigenvalue weighted by Crippen LogP contribution is -2.51. The fraction of sp³-hybridized carbons (Fsp3) is 0.867. The smallest absolute Gasteiger partial charge is 0.410 e. The van der Waals surface area contributed by atoms with Crippen molar-refractivity contribution in [2.45, 2.75) is 51.7 Å². The molecule has 0 radical (unpaired) electrons. The highest BCUT2D eigenvalue weighted by Crippen LogP contribution is 2.26. The van der Waals surface area contributed by atoms with Crippen molar-refractivity contribution in [3.05, 3.63) is 0 Å². The van der Waals surface area contributed by atoms with Crippen molar-refractivity contribution in [2.24, 2.45) is 5.92 Å². The van der Waals surface area contributed by atoms with Gasteiger partial charge in [-0.05, 0) is 39.5 Å². The van der Waals surface area contributed by atoms with Crippen molar-refractivity contribution in [1.29, 1.82) is 0 Å². The fourth-order valence-corrected chi connectivity index (χ4v) is 3.40. The first-order chi connectivity index (χ1) is 9.80. The second-order valence-electron chi connectivity index (χ2n) is 6.99. The number of nitrogens with zero attached hydrogens (tertiary/aromatic N) is 2. The minimum atomic E-state index is -0.478. The number of hydrogen-bond acceptors (Lipinski definition) is 3. The predicted molar refractivity (Wildman–Crippen MR) is 84.4 cm³/mol. The summed E-state index contributed by atoms with van der Waals surface area (Å²) in [7, 11) is 0. The maximum Gasteiger partial charge on any atom is 0.410 e. The molecule has 5 nitrogen and oxygen atoms in total. The number of alkyl halides is 1. The predicted octanol–water partition coefficient (Wildman–Crippen LogP) is 2.63. The van der Waals surface area contributed by atoms with Crippen LogP contribution in [0.25, 0.3) is 0 Å². The lowest BCUT2D eigenvalue weighted by atomic mass is 10.0. The van der Waals surface area contributed by atoms with Crippen LogP contribution in [0.2, 0.25) is 0 Å². The van der Waals surface area contributed by atoms with Gasteiger partial charge in [-0.2, -0.15) is 0 Å². The molecular weight excluding hydrogens is 336 g/mol. The maximum atomic E-state index is 12.2. The van der Waals surface area contributed by atoms with E-state index in [2.05, 4.69) is 15.9 Å². The van der Waals surface area contributed by atoms with Gasteiger partial charge in [0, 0.05) is 37.4 Å². The number of piperidine rings is 1. The van der Waals surface area contributed by atoms with Gasteiger partial charge in [-0.25, -0.2) is 4.79 Å². The van der Waals surface area contributed by atoms with E-state index in [-0.39, 0.29) is 18.0 Å². The Labute approximate surface area is 135 Å². The first-order valence-corrected chi connectivity index (χ1v) is 8.75. The van der Waals surface area contributed by atoms with Crippen LogP contribution in [0.4, 0.5) is 4.79 Å². The summed E-state index contributed by atoms with van der Waals surface area (Å²) < 4.78 is 5.43. The molecule has 2 unspecified atom stereocenters. The zero-order valence-electron chi connectivity index (χ0n) is 13.1. The zero-order chi connectivity index (χ0) is 15.6. The molecule has 2 aliphatic heterocycles. The largest absolute Gasteiger partial charge is 0.444 e. The molecule has 2 atom stereocenters. The van der Waals surface area contributed by atoms with Crippen molar-refractivity contribution >= 4 is 27.9 Å². The van der Waals surface area contributed by atoms with Crippen molar-refractivity contribution in [1.82, 2.24) is 9.80 Å². The molecule has 6 heteroatoms. The summed E-state index contributed by atoms with van der Waals surface area (Å²) in [4.78, 5) is 28.0. The SMILES string of the molecule is CC(C)(C)OC(=O)N1CCCC(N2CC(CBr)CC2=O)C1. The molecule has 2 rings (SSSR count). The van der Waals surface area contributed by atoms with Crippen LogP contribution < -0.4 is 0 Å². The van der Waals surface area contributed by atoms with Crippen molar-refractivity contribution in [3.63, 3.8) is 0 Å². The maximum absolute atomic E-state index is 12.2. The lowest BCUT2D eigenvalue weighted by Gasteiger charge is -2.38. The minimum absolute atomic E-state index is 0.141. The van der Waals surface area contributed by atoms with Crippen LogP contribution in [0, 0.1) is 5.92 Å². The number of likely N-dealkylation sites (tertiary alicyclic amines) is 2. The number of hydrogen-bond donors (Lipinski definition) is 0. The van der Waals surface area contributed by atoms with Crippen molar-refractivity contribution in [3.8, 4) is 0 Å². The van der Waals surface area contributed by atoms with Gasteiger partial charge >= 0.3 is 6.09 Å². The standard InChI is InChI=1S/C15H25BrN2O3/c1-15(2,3)21-14(20)17-6-4-5-12(10-17)18-9-11(8-16)7-13(18)19/h11-12H,4-10H2,1-3H3. The summed E-state index contributed by atoms with van der Waals surface area (Å²) in [5.41, 5.74) is -0.478. The number of amides is 2. The van der Waals surface area contributed by atoms with Crippen LogP contribution in [0.5, 0.6) is 0 Å². The van der Waals surface area contributed by atoms with E-state index in [1.807, 2.05) is 25.7 Å². The highest BCUT2D eigenvalue weighted by Gasteiger charge is 2.37. The van der Waals surface area contributed by atoms with Gasteiger partial charge in [0.2, 0.25) is 5.91 Å². The molecule has 2 heterocycles. The third-order valence-corrected chi connectivity index (χ3v) is 4.86. The van der Waals surface area contributed by atoms with E-state index in [1.54, 1.807) is 4.90 Å². The highest BCUT2D eigenvalue weighted by atomic mass is 79.9. The molecule has 0 aromatic rings. The molecule has 0 aromatic heterocycles. The van der Waals surface area contributed by atoms with Gasteiger partial charge in [0.25, 0.3) is 0 Å². The summed E-state index contributed by atoms with van der Waals surface area (Å²) >= 11 is 3.46. The van der Waals surface area contributed by atoms with Crippen molar-refractivity contribution in [2.75, 3.05) is 25.0 Å². The Kier molecular flexibility index (Phi) is 5.17. The van der Waals surface area contributed by atoms with Gasteiger partial charge in [0.05, 0.1) is 0 Å². The summed E-state index contributed by atoms with van der Waals surface area (Å²) in [6.45, 7) is 7.73. The Balaban J connectivity index is 1.95. The first-order valence-electron chi connectivity index (χ1n) is 7.63. The number of carbonyl (C=O) groups is 2. The van der Waals surface area contributed by atoms with Crippen LogP contribution in [-0.2, 0) is 9.53 Å². The van der Waals surface area contributed by atoms with Crippen LogP contribution in [0.3, 0.4) is 0 Å². The topological polar surface area (TPSA) is 49.9 Å². The van der Waals surface area contributed by atoms with E-state index >= 15 is 0 Å². The summed E-state index contributed by atoms with van der Waals surface area (Å²) in [6, 6.07) is 0.141. The minimum Gasteiger partial charge on any atom is -0.444 e. The first kappa shape index (κ1) is 16.6. The molecule has 0 aliphatic carbocycles. The molecule has 0 aromatic carbocycles. The Morgan fingerprint density at radius 3 is 2.67 bits per heavy atom. The van der Waals surface area contributed by atoms with E-state index in [0.29, 0.717) is 18.9 Å². The molecular formula is C15H25BrN2O3. The molecule has 0 spiro atoms. The second-order valence-corrected chi connectivity index (χ2v) is 7.64. The van der Waals surface area contributed by atoms with E-state index in [9.17, 15) is 9.59 Å². The molecule has 2 saturated heterocycles. The molecule has 2 fully saturated rings. The molecule has 2 amide bonds. The van der Waals surface area contributed by atoms with Gasteiger partial charge in [0.15, 0.2) is 0 Å². The zero-order valence-corrected chi connectivity index (χ0v) is 14.7. The quantitative estimate of drug-likeness (QED) is 0.711. The van der Waals surface area contributed by atoms with E-state index < -0.39 is 5.60 Å². The second kappa shape index (κ2) is 6.55. The monoisotopic (exact) mass is 360 g/mol. The van der Waals surface area contributed by atoms with Crippen LogP contribution in [0.15, 0.2) is 0 Å². The van der Waals surface area contributed by atoms with Crippen molar-refractivity contribution < 1.29 is 14.3 Å². The summed E-state index contributed by atoms with van der Waals surface area (Å²) in [5, 5.41) is 0.859. The Morgan fingerprint density at radius 1 is 1.38 bits per heavy atom. The van der Waals surface area contributed by atoms with E-state index in [1.165, 1.54) is 0 Å². The van der Waals surface area contributed by atoms with Crippen LogP contribution >= 0.6 is 15.9 Å². The highest BCUT2D eigenvalue weighted by molar-refractivity contribution is 9.09. The molecule has 21 heavy (non-hydrogen) atoms. The van der Waals surface area contributed by atoms with Gasteiger partial charge in [0.1, 0.15) is 5.60 Å². The molecule has 0 saturated carbocycles. The average molecular weight is 361 g/mol. The van der Waals surface area contributed by atoms with Crippen LogP contribution in [0.1, 0.15) is 40.0 Å². The summed E-state index contributed by atoms with van der Waals surface area (Å²) in [5.74, 6) is 0.616. The molecule has 0 N–H and O–H groups in total. The van der Waals surface area contributed by atoms with E-state index in [0.717, 1.165) is 31.3 Å². The lowest BCUT2D eigenvalue weighted by molar-refractivity contribution is -0.130. The number of halogens is 1. The Bertz CT molecular complexity index is 408. The van der Waals surface area contributed by atoms with Gasteiger partial charge < -0.3 is 14.5 Å². The van der Waals surface area contributed by atoms with E-state index in [4.69, 9.17) is 4.74 Å². The van der Waals surface area contributed by atoms with Gasteiger partial charge in [-0.1, -0.05) is 15.9 Å². The average Bonchev–Trinajstić information content (AvgIpc) is 2.78. The Morgan fingerprint density at radius 2 is 2.10 bits per heavy atom. The number of carbonyl (C=O) groups excluding carboxylic acids is 2. The molecule has 2 aliphatic rings. The van der Waals surface area contributed by atoms with Gasteiger partial charge in [-0.15, -0.1) is 0 Å². The van der Waals surface area contributed by atoms with Gasteiger partial charge in [-0.3, -0.25) is 4.79 Å².